The summed E-state index contributed by atoms with van der Waals surface area (Å²) >= 11 is 0. The lowest BCUT2D eigenvalue weighted by Gasteiger charge is -2.54. The zero-order valence-electron chi connectivity index (χ0n) is 24.3. The minimum Gasteiger partial charge on any atom is -0.348 e. The molecule has 4 unspecified atom stereocenters. The highest BCUT2D eigenvalue weighted by atomic mass is 16.5. The van der Waals surface area contributed by atoms with E-state index >= 15 is 0 Å². The fraction of sp³-hybridized carbons (Fsp3) is 0.645. The molecule has 1 spiro atoms. The number of nitriles is 1. The maximum atomic E-state index is 13.8. The Kier molecular flexibility index (Phi) is 7.92. The van der Waals surface area contributed by atoms with E-state index in [1.54, 1.807) is 4.90 Å². The van der Waals surface area contributed by atoms with Gasteiger partial charge in [0.25, 0.3) is 0 Å². The number of likely N-dealkylation sites (tertiary alicyclic amines) is 1. The van der Waals surface area contributed by atoms with Crippen molar-refractivity contribution in [3.05, 3.63) is 42.5 Å². The number of amides is 2. The Morgan fingerprint density at radius 3 is 2.78 bits per heavy atom. The first kappa shape index (κ1) is 28.3. The summed E-state index contributed by atoms with van der Waals surface area (Å²) in [7, 11) is 4.05. The molecule has 3 saturated heterocycles. The molecule has 5 aliphatic rings. The summed E-state index contributed by atoms with van der Waals surface area (Å²) in [5.41, 5.74) is 1.62. The van der Waals surface area contributed by atoms with Crippen molar-refractivity contribution in [2.24, 2.45) is 5.92 Å². The van der Waals surface area contributed by atoms with E-state index in [1.165, 1.54) is 12.5 Å². The topological polar surface area (TPSA) is 104 Å². The highest BCUT2D eigenvalue weighted by molar-refractivity contribution is 6.07. The van der Waals surface area contributed by atoms with E-state index in [0.29, 0.717) is 32.3 Å². The van der Waals surface area contributed by atoms with Crippen LogP contribution in [-0.4, -0.2) is 104 Å². The molecule has 7 atom stereocenters. The summed E-state index contributed by atoms with van der Waals surface area (Å²) in [5, 5.41) is 17.1. The fourth-order valence-electron chi connectivity index (χ4n) is 8.17. The van der Waals surface area contributed by atoms with Crippen LogP contribution in [0.1, 0.15) is 44.1 Å². The summed E-state index contributed by atoms with van der Waals surface area (Å²) in [5.74, 6) is 0.319. The summed E-state index contributed by atoms with van der Waals surface area (Å²) < 4.78 is 6.51. The standard InChI is InChI=1S/C31H43N7O3/c1-4-27(39)38-17-16-37(19-21(38)12-14-32)28-23-11-13-31(24-9-5-6-10-26(24)36(3)29(31)40)18-25(23)33-30(34-28)41-20-22-8-7-15-35(22)2/h4-6,9-10,21-23,25,28,30,33-34H,1,7-8,11-13,15-20H2,2-3H3/t21-,22-,23?,25?,28?,30?,31+/m0/s1. The van der Waals surface area contributed by atoms with Gasteiger partial charge in [-0.25, -0.2) is 0 Å². The van der Waals surface area contributed by atoms with Crippen LogP contribution in [0.2, 0.25) is 0 Å². The first-order valence-electron chi connectivity index (χ1n) is 15.1. The Hall–Kier alpha value is -2.81. The summed E-state index contributed by atoms with van der Waals surface area (Å²) in [6.07, 6.45) is 6.01. The van der Waals surface area contributed by atoms with E-state index < -0.39 is 5.41 Å². The van der Waals surface area contributed by atoms with Gasteiger partial charge in [0.15, 0.2) is 6.35 Å². The van der Waals surface area contributed by atoms with Gasteiger partial charge in [0.2, 0.25) is 11.8 Å². The van der Waals surface area contributed by atoms with E-state index in [2.05, 4.69) is 52.3 Å². The number of rotatable bonds is 6. The quantitative estimate of drug-likeness (QED) is 0.505. The number of anilines is 1. The molecular weight excluding hydrogens is 518 g/mol. The van der Waals surface area contributed by atoms with E-state index in [0.717, 1.165) is 43.5 Å². The van der Waals surface area contributed by atoms with Crippen LogP contribution >= 0.6 is 0 Å². The highest BCUT2D eigenvalue weighted by Gasteiger charge is 2.56. The molecule has 1 saturated carbocycles. The van der Waals surface area contributed by atoms with Crippen molar-refractivity contribution >= 4 is 17.5 Å². The maximum Gasteiger partial charge on any atom is 0.246 e. The van der Waals surface area contributed by atoms with Gasteiger partial charge < -0.3 is 19.4 Å². The largest absolute Gasteiger partial charge is 0.348 e. The molecule has 1 aliphatic carbocycles. The third-order valence-electron chi connectivity index (χ3n) is 10.4. The van der Waals surface area contributed by atoms with Crippen molar-refractivity contribution in [2.45, 2.75) is 74.6 Å². The van der Waals surface area contributed by atoms with Crippen LogP contribution < -0.4 is 15.5 Å². The number of carbonyl (C=O) groups is 2. The molecule has 0 radical (unpaired) electrons. The zero-order valence-corrected chi connectivity index (χ0v) is 24.3. The molecule has 1 aromatic carbocycles. The average molecular weight is 562 g/mol. The van der Waals surface area contributed by atoms with E-state index in [4.69, 9.17) is 4.74 Å². The van der Waals surface area contributed by atoms with Crippen molar-refractivity contribution < 1.29 is 14.3 Å². The molecule has 4 heterocycles. The second kappa shape index (κ2) is 11.5. The minimum atomic E-state index is -0.532. The number of fused-ring (bicyclic) bond motifs is 3. The van der Waals surface area contributed by atoms with Crippen LogP contribution in [0.4, 0.5) is 5.69 Å². The molecule has 2 amide bonds. The SMILES string of the molecule is C=CC(=O)N1CCN(C2NC(OC[C@@H]3CCCN3C)NC3C[C@@]4(CCC32)C(=O)N(C)c2ccccc24)C[C@@H]1CC#N. The number of hydrogen-bond acceptors (Lipinski definition) is 8. The number of para-hydroxylation sites is 1. The molecule has 1 aromatic rings. The van der Waals surface area contributed by atoms with Crippen molar-refractivity contribution in [1.82, 2.24) is 25.3 Å². The van der Waals surface area contributed by atoms with Gasteiger partial charge in [-0.1, -0.05) is 24.8 Å². The lowest BCUT2D eigenvalue weighted by molar-refractivity contribution is -0.137. The smallest absolute Gasteiger partial charge is 0.246 e. The number of carbonyl (C=O) groups excluding carboxylic acids is 2. The Morgan fingerprint density at radius 1 is 1.20 bits per heavy atom. The van der Waals surface area contributed by atoms with Crippen LogP contribution in [0, 0.1) is 17.2 Å². The van der Waals surface area contributed by atoms with E-state index in [1.807, 2.05) is 24.1 Å². The Balaban J connectivity index is 1.26. The number of nitrogens with zero attached hydrogens (tertiary/aromatic N) is 5. The van der Waals surface area contributed by atoms with Gasteiger partial charge in [-0.2, -0.15) is 5.26 Å². The molecule has 0 aromatic heterocycles. The monoisotopic (exact) mass is 561 g/mol. The van der Waals surface area contributed by atoms with Gasteiger partial charge in [-0.3, -0.25) is 25.1 Å². The maximum absolute atomic E-state index is 13.8. The van der Waals surface area contributed by atoms with Gasteiger partial charge >= 0.3 is 0 Å². The van der Waals surface area contributed by atoms with Gasteiger partial charge in [0, 0.05) is 50.4 Å². The Bertz CT molecular complexity index is 1220. The van der Waals surface area contributed by atoms with Crippen molar-refractivity contribution in [3.63, 3.8) is 0 Å². The van der Waals surface area contributed by atoms with Crippen LogP contribution in [0.3, 0.4) is 0 Å². The first-order valence-corrected chi connectivity index (χ1v) is 15.1. The fourth-order valence-corrected chi connectivity index (χ4v) is 8.17. The summed E-state index contributed by atoms with van der Waals surface area (Å²) in [6.45, 7) is 7.27. The number of hydrogen-bond donors (Lipinski definition) is 2. The van der Waals surface area contributed by atoms with Crippen LogP contribution in [0.25, 0.3) is 0 Å². The van der Waals surface area contributed by atoms with Crippen LogP contribution in [0.15, 0.2) is 36.9 Å². The van der Waals surface area contributed by atoms with Crippen LogP contribution in [0.5, 0.6) is 0 Å². The number of nitrogens with one attached hydrogen (secondary N) is 2. The van der Waals surface area contributed by atoms with Crippen molar-refractivity contribution in [1.29, 1.82) is 5.26 Å². The van der Waals surface area contributed by atoms with Gasteiger partial charge in [0.05, 0.1) is 36.7 Å². The van der Waals surface area contributed by atoms with Crippen LogP contribution in [-0.2, 0) is 19.7 Å². The second-order valence-corrected chi connectivity index (χ2v) is 12.5. The number of piperazine rings is 1. The minimum absolute atomic E-state index is 0.0107. The lowest BCUT2D eigenvalue weighted by Crippen LogP contribution is -2.73. The third-order valence-corrected chi connectivity index (χ3v) is 10.4. The summed E-state index contributed by atoms with van der Waals surface area (Å²) in [6, 6.07) is 10.8. The van der Waals surface area contributed by atoms with Crippen molar-refractivity contribution in [2.75, 3.05) is 51.8 Å². The van der Waals surface area contributed by atoms with Gasteiger partial charge in [-0.15, -0.1) is 0 Å². The Labute approximate surface area is 243 Å². The van der Waals surface area contributed by atoms with Gasteiger partial charge in [-0.05, 0) is 63.4 Å². The average Bonchev–Trinajstić information content (AvgIpc) is 3.50. The highest BCUT2D eigenvalue weighted by Crippen LogP contribution is 2.52. The number of likely N-dealkylation sites (N-methyl/N-ethyl adjacent to an activating group) is 2. The lowest BCUT2D eigenvalue weighted by atomic mass is 9.64. The number of ether oxygens (including phenoxy) is 1. The first-order chi connectivity index (χ1) is 19.9. The predicted octanol–water partition coefficient (Wildman–Crippen LogP) is 1.60. The van der Waals surface area contributed by atoms with E-state index in [-0.39, 0.29) is 48.8 Å². The molecule has 10 nitrogen and oxygen atoms in total. The zero-order chi connectivity index (χ0) is 28.7. The molecule has 4 aliphatic heterocycles. The molecule has 10 heteroatoms. The molecular formula is C31H43N7O3. The Morgan fingerprint density at radius 2 is 2.02 bits per heavy atom. The number of benzene rings is 1. The second-order valence-electron chi connectivity index (χ2n) is 12.5. The molecule has 41 heavy (non-hydrogen) atoms. The van der Waals surface area contributed by atoms with E-state index in [9.17, 15) is 14.9 Å². The third kappa shape index (κ3) is 4.98. The molecule has 2 N–H and O–H groups in total. The molecule has 6 rings (SSSR count). The molecule has 220 valence electrons. The van der Waals surface area contributed by atoms with Crippen molar-refractivity contribution in [3.8, 4) is 6.07 Å². The summed E-state index contributed by atoms with van der Waals surface area (Å²) in [4.78, 5) is 34.8. The van der Waals surface area contributed by atoms with Gasteiger partial charge in [0.1, 0.15) is 0 Å². The molecule has 4 fully saturated rings. The molecule has 0 bridgehead atoms. The normalized spacial score (nSPS) is 35.8. The predicted molar refractivity (Wildman–Crippen MR) is 156 cm³/mol.